The topological polar surface area (TPSA) is 78.2 Å². The average Bonchev–Trinajstić information content (AvgIpc) is 3.21. The molecular weight excluding hydrogens is 420 g/mol. The van der Waals surface area contributed by atoms with Crippen LogP contribution >= 0.6 is 0 Å². The maximum atomic E-state index is 13.6. The van der Waals surface area contributed by atoms with Crippen molar-refractivity contribution in [1.29, 1.82) is 0 Å². The molecule has 5 aliphatic rings. The van der Waals surface area contributed by atoms with Crippen LogP contribution in [-0.2, 0) is 22.5 Å². The number of nitrogens with zero attached hydrogens (tertiary/aromatic N) is 2. The van der Waals surface area contributed by atoms with Gasteiger partial charge in [0.1, 0.15) is 12.5 Å². The van der Waals surface area contributed by atoms with E-state index in [1.165, 1.54) is 38.5 Å². The van der Waals surface area contributed by atoms with Gasteiger partial charge in [-0.3, -0.25) is 9.48 Å². The zero-order chi connectivity index (χ0) is 22.4. The van der Waals surface area contributed by atoms with E-state index >= 15 is 0 Å². The molecule has 5 fully saturated rings. The van der Waals surface area contributed by atoms with Crippen LogP contribution in [0.3, 0.4) is 0 Å². The van der Waals surface area contributed by atoms with Crippen molar-refractivity contribution in [1.82, 2.24) is 9.78 Å². The fraction of sp³-hybridized carbons (Fsp3) is 0.846. The Bertz CT molecular complexity index is 913. The number of aliphatic hydroxyl groups is 1. The number of carbonyl (C=O) groups is 1. The van der Waals surface area contributed by atoms with Crippen LogP contribution in [0.25, 0.3) is 0 Å². The van der Waals surface area contributed by atoms with Crippen LogP contribution in [0.15, 0.2) is 17.3 Å². The largest absolute Gasteiger partial charge is 0.612 e. The molecule has 5 saturated carbocycles. The minimum absolute atomic E-state index is 0.141. The molecule has 0 amide bonds. The molecular formula is C26H38N2O3S. The summed E-state index contributed by atoms with van der Waals surface area (Å²) in [6.45, 7) is 4.80. The summed E-state index contributed by atoms with van der Waals surface area (Å²) in [5.74, 6) is 5.65. The molecule has 11 atom stereocenters. The van der Waals surface area contributed by atoms with Crippen LogP contribution in [0.2, 0.25) is 0 Å². The third-order valence-corrected chi connectivity index (χ3v) is 11.5. The SMILES string of the molecule is C[S+]([O-])c1cnn(CC(=O)[C@H]2[C@H]3C[C@H]3[C@H]3[C@@H]4CC[C@@H]5C[C@](C)(O)CC[C@@H]5[C@H]4CC[C@@]32C)c1. The van der Waals surface area contributed by atoms with Crippen LogP contribution < -0.4 is 0 Å². The Morgan fingerprint density at radius 1 is 1.16 bits per heavy atom. The van der Waals surface area contributed by atoms with Crippen molar-refractivity contribution in [3.8, 4) is 0 Å². The van der Waals surface area contributed by atoms with Crippen LogP contribution in [0.1, 0.15) is 65.2 Å². The molecule has 32 heavy (non-hydrogen) atoms. The summed E-state index contributed by atoms with van der Waals surface area (Å²) in [6.07, 6.45) is 14.5. The van der Waals surface area contributed by atoms with Gasteiger partial charge in [-0.1, -0.05) is 6.92 Å². The van der Waals surface area contributed by atoms with E-state index in [1.807, 2.05) is 6.92 Å². The van der Waals surface area contributed by atoms with Gasteiger partial charge in [-0.15, -0.1) is 0 Å². The fourth-order valence-electron chi connectivity index (χ4n) is 9.49. The van der Waals surface area contributed by atoms with Crippen molar-refractivity contribution in [2.45, 2.75) is 82.3 Å². The normalized spacial score (nSPS) is 50.0. The van der Waals surface area contributed by atoms with Crippen LogP contribution in [0.4, 0.5) is 0 Å². The number of ketones is 1. The number of hydrogen-bond acceptors (Lipinski definition) is 4. The van der Waals surface area contributed by atoms with Crippen molar-refractivity contribution in [2.24, 2.45) is 52.8 Å². The van der Waals surface area contributed by atoms with Gasteiger partial charge in [0.25, 0.3) is 0 Å². The van der Waals surface area contributed by atoms with Gasteiger partial charge in [-0.2, -0.15) is 5.10 Å². The first-order chi connectivity index (χ1) is 15.2. The number of carbonyl (C=O) groups excluding carboxylic acids is 1. The van der Waals surface area contributed by atoms with E-state index in [0.717, 1.165) is 36.5 Å². The van der Waals surface area contributed by atoms with Crippen molar-refractivity contribution < 1.29 is 14.5 Å². The Balaban J connectivity index is 1.21. The smallest absolute Gasteiger partial charge is 0.190 e. The lowest BCUT2D eigenvalue weighted by atomic mass is 9.48. The van der Waals surface area contributed by atoms with Crippen molar-refractivity contribution >= 4 is 17.0 Å². The highest BCUT2D eigenvalue weighted by atomic mass is 32.2. The molecule has 0 aliphatic heterocycles. The minimum atomic E-state index is -1.06. The molecule has 5 nitrogen and oxygen atoms in total. The van der Waals surface area contributed by atoms with Crippen LogP contribution in [0.5, 0.6) is 0 Å². The lowest BCUT2D eigenvalue weighted by molar-refractivity contribution is -0.136. The molecule has 6 heteroatoms. The molecule has 1 aromatic heterocycles. The van der Waals surface area contributed by atoms with Gasteiger partial charge in [0, 0.05) is 5.92 Å². The molecule has 0 saturated heterocycles. The zero-order valence-electron chi connectivity index (χ0n) is 19.7. The molecule has 1 aromatic rings. The predicted octanol–water partition coefficient (Wildman–Crippen LogP) is 4.07. The number of aromatic nitrogens is 2. The average molecular weight is 459 g/mol. The van der Waals surface area contributed by atoms with Gasteiger partial charge in [0.2, 0.25) is 0 Å². The Kier molecular flexibility index (Phi) is 4.96. The van der Waals surface area contributed by atoms with E-state index in [0.29, 0.717) is 35.0 Å². The van der Waals surface area contributed by atoms with E-state index in [9.17, 15) is 14.5 Å². The Morgan fingerprint density at radius 3 is 2.69 bits per heavy atom. The first-order valence-electron chi connectivity index (χ1n) is 12.8. The molecule has 0 spiro atoms. The lowest BCUT2D eigenvalue weighted by Crippen LogP contribution is -2.52. The molecule has 5 aliphatic carbocycles. The van der Waals surface area contributed by atoms with E-state index < -0.39 is 16.8 Å². The minimum Gasteiger partial charge on any atom is -0.612 e. The number of fused-ring (bicyclic) bond motifs is 7. The highest BCUT2D eigenvalue weighted by molar-refractivity contribution is 7.90. The standard InChI is InChI=1S/C26H38N2O3S/c1-25(30)8-6-17-15(11-25)4-5-19-18(17)7-9-26(2)23(19)20-10-21(20)24(26)22(29)14-28-13-16(12-27-28)32(3)31/h12-13,15,17-21,23-24,30H,4-11,14H2,1-3H3/t15-,17+,18-,19-,20-,21+,23-,24-,25-,26+,32?/m1/s1. The molecule has 176 valence electrons. The second kappa shape index (κ2) is 7.32. The third-order valence-electron chi connectivity index (χ3n) is 10.6. The summed E-state index contributed by atoms with van der Waals surface area (Å²) >= 11 is -1.06. The number of Topliss-reactive ketones (excluding diaryl/α,β-unsaturated/α-hetero) is 1. The van der Waals surface area contributed by atoms with Gasteiger partial charge in [0.05, 0.1) is 18.3 Å². The van der Waals surface area contributed by atoms with Gasteiger partial charge < -0.3 is 9.66 Å². The predicted molar refractivity (Wildman–Crippen MR) is 123 cm³/mol. The van der Waals surface area contributed by atoms with Crippen molar-refractivity contribution in [2.75, 3.05) is 6.26 Å². The molecule has 0 radical (unpaired) electrons. The van der Waals surface area contributed by atoms with Crippen molar-refractivity contribution in [3.05, 3.63) is 12.4 Å². The summed E-state index contributed by atoms with van der Waals surface area (Å²) in [5, 5.41) is 15.0. The van der Waals surface area contributed by atoms with E-state index in [4.69, 9.17) is 0 Å². The summed E-state index contributed by atoms with van der Waals surface area (Å²) in [4.78, 5) is 14.3. The van der Waals surface area contributed by atoms with E-state index in [2.05, 4.69) is 12.0 Å². The first-order valence-corrected chi connectivity index (χ1v) is 14.3. The van der Waals surface area contributed by atoms with Gasteiger partial charge in [-0.25, -0.2) is 0 Å². The quantitative estimate of drug-likeness (QED) is 0.690. The summed E-state index contributed by atoms with van der Waals surface area (Å²) < 4.78 is 13.4. The number of rotatable bonds is 4. The molecule has 1 N–H and O–H groups in total. The molecule has 0 aromatic carbocycles. The van der Waals surface area contributed by atoms with Gasteiger partial charge in [-0.05, 0) is 116 Å². The monoisotopic (exact) mass is 458 g/mol. The fourth-order valence-corrected chi connectivity index (χ4v) is 9.96. The maximum Gasteiger partial charge on any atom is 0.190 e. The molecule has 0 bridgehead atoms. The summed E-state index contributed by atoms with van der Waals surface area (Å²) in [5.41, 5.74) is -0.317. The zero-order valence-corrected chi connectivity index (χ0v) is 20.5. The molecule has 6 rings (SSSR count). The highest BCUT2D eigenvalue weighted by Gasteiger charge is 2.70. The second-order valence-electron chi connectivity index (χ2n) is 12.5. The van der Waals surface area contributed by atoms with Crippen LogP contribution in [-0.4, -0.2) is 37.1 Å². The van der Waals surface area contributed by atoms with E-state index in [1.54, 1.807) is 23.3 Å². The maximum absolute atomic E-state index is 13.6. The Morgan fingerprint density at radius 2 is 1.94 bits per heavy atom. The summed E-state index contributed by atoms with van der Waals surface area (Å²) in [7, 11) is 0. The Labute approximate surface area is 194 Å². The highest BCUT2D eigenvalue weighted by Crippen LogP contribution is 2.74. The van der Waals surface area contributed by atoms with Gasteiger partial charge >= 0.3 is 0 Å². The Hall–Kier alpha value is -0.850. The lowest BCUT2D eigenvalue weighted by Gasteiger charge is -2.57. The summed E-state index contributed by atoms with van der Waals surface area (Å²) in [6, 6.07) is 0. The van der Waals surface area contributed by atoms with Crippen LogP contribution in [0, 0.1) is 52.8 Å². The first kappa shape index (κ1) is 21.7. The number of hydrogen-bond donors (Lipinski definition) is 1. The third kappa shape index (κ3) is 3.26. The van der Waals surface area contributed by atoms with Gasteiger partial charge in [0.15, 0.2) is 10.7 Å². The van der Waals surface area contributed by atoms with Crippen molar-refractivity contribution in [3.63, 3.8) is 0 Å². The van der Waals surface area contributed by atoms with E-state index in [-0.39, 0.29) is 11.3 Å². The molecule has 1 heterocycles. The molecule has 1 unspecified atom stereocenters. The second-order valence-corrected chi connectivity index (χ2v) is 13.9.